The number of fused-ring (bicyclic) bond motifs is 1. The monoisotopic (exact) mass is 513 g/mol. The third kappa shape index (κ3) is 5.97. The number of rotatable bonds is 6. The summed E-state index contributed by atoms with van der Waals surface area (Å²) in [4.78, 5) is 16.4. The van der Waals surface area contributed by atoms with Crippen LogP contribution in [-0.4, -0.2) is 66.6 Å². The van der Waals surface area contributed by atoms with Gasteiger partial charge in [-0.25, -0.2) is 4.98 Å². The maximum atomic E-state index is 12.9. The molecule has 0 N–H and O–H groups in total. The van der Waals surface area contributed by atoms with E-state index in [2.05, 4.69) is 21.7 Å². The van der Waals surface area contributed by atoms with Gasteiger partial charge in [-0.2, -0.15) is 18.2 Å². The van der Waals surface area contributed by atoms with E-state index in [1.165, 1.54) is 0 Å². The Bertz CT molecular complexity index is 1210. The molecule has 196 valence electrons. The predicted octanol–water partition coefficient (Wildman–Crippen LogP) is 4.61. The van der Waals surface area contributed by atoms with Crippen LogP contribution in [0.25, 0.3) is 0 Å². The largest absolute Gasteiger partial charge is 0.497 e. The molecule has 37 heavy (non-hydrogen) atoms. The smallest absolute Gasteiger partial charge is 0.416 e. The van der Waals surface area contributed by atoms with E-state index in [-0.39, 0.29) is 0 Å². The quantitative estimate of drug-likeness (QED) is 0.477. The highest BCUT2D eigenvalue weighted by molar-refractivity contribution is 5.44. The molecule has 0 bridgehead atoms. The van der Waals surface area contributed by atoms with Crippen LogP contribution in [0.4, 0.5) is 19.1 Å². The molecule has 0 unspecified atom stereocenters. The van der Waals surface area contributed by atoms with Gasteiger partial charge in [-0.05, 0) is 49.0 Å². The molecule has 3 heterocycles. The van der Waals surface area contributed by atoms with Gasteiger partial charge in [0.05, 0.1) is 23.9 Å². The molecule has 0 saturated carbocycles. The van der Waals surface area contributed by atoms with E-state index in [9.17, 15) is 13.2 Å². The van der Waals surface area contributed by atoms with Crippen molar-refractivity contribution >= 4 is 5.95 Å². The zero-order valence-electron chi connectivity index (χ0n) is 21.0. The lowest BCUT2D eigenvalue weighted by molar-refractivity contribution is -0.137. The molecule has 2 aliphatic heterocycles. The van der Waals surface area contributed by atoms with Crippen molar-refractivity contribution in [3.8, 4) is 17.4 Å². The minimum Gasteiger partial charge on any atom is -0.497 e. The number of halogens is 3. The Morgan fingerprint density at radius 3 is 2.19 bits per heavy atom. The molecule has 5 rings (SSSR count). The van der Waals surface area contributed by atoms with E-state index < -0.39 is 11.7 Å². The van der Waals surface area contributed by atoms with Crippen molar-refractivity contribution in [2.24, 2.45) is 0 Å². The van der Waals surface area contributed by atoms with Crippen molar-refractivity contribution in [3.63, 3.8) is 0 Å². The third-order valence-electron chi connectivity index (χ3n) is 6.84. The number of nitrogens with zero attached hydrogens (tertiary/aromatic N) is 5. The van der Waals surface area contributed by atoms with Gasteiger partial charge in [-0.15, -0.1) is 0 Å². The van der Waals surface area contributed by atoms with Crippen molar-refractivity contribution in [2.75, 3.05) is 51.8 Å². The lowest BCUT2D eigenvalue weighted by atomic mass is 10.0. The number of piperazine rings is 1. The lowest BCUT2D eigenvalue weighted by Gasteiger charge is -2.34. The Morgan fingerprint density at radius 2 is 1.54 bits per heavy atom. The molecule has 0 spiro atoms. The van der Waals surface area contributed by atoms with E-state index in [0.29, 0.717) is 37.1 Å². The van der Waals surface area contributed by atoms with E-state index in [4.69, 9.17) is 19.4 Å². The third-order valence-corrected chi connectivity index (χ3v) is 6.84. The number of aromatic nitrogens is 2. The van der Waals surface area contributed by atoms with E-state index in [0.717, 1.165) is 67.4 Å². The first-order valence-electron chi connectivity index (χ1n) is 12.3. The Balaban J connectivity index is 1.39. The molecule has 10 heteroatoms. The fourth-order valence-electron chi connectivity index (χ4n) is 4.61. The number of benzene rings is 2. The number of anilines is 1. The van der Waals surface area contributed by atoms with Crippen LogP contribution in [0.15, 0.2) is 48.5 Å². The van der Waals surface area contributed by atoms with Crippen LogP contribution in [-0.2, 0) is 25.7 Å². The summed E-state index contributed by atoms with van der Waals surface area (Å²) in [5.74, 6) is 2.57. The van der Waals surface area contributed by atoms with Crippen LogP contribution in [0.2, 0.25) is 0 Å². The molecule has 1 aromatic heterocycles. The number of ether oxygens (including phenoxy) is 2. The summed E-state index contributed by atoms with van der Waals surface area (Å²) in [5.41, 5.74) is 2.05. The van der Waals surface area contributed by atoms with E-state index >= 15 is 0 Å². The number of likely N-dealkylation sites (N-methyl/N-ethyl adjacent to an activating group) is 1. The molecule has 0 aliphatic carbocycles. The highest BCUT2D eigenvalue weighted by Crippen LogP contribution is 2.33. The number of hydrogen-bond donors (Lipinski definition) is 0. The highest BCUT2D eigenvalue weighted by Gasteiger charge is 2.30. The van der Waals surface area contributed by atoms with Gasteiger partial charge < -0.3 is 19.3 Å². The SMILES string of the molecule is COc1ccc(Oc2nc(N3CCN(C)CC3)nc3c2CN(Cc2ccc(C(F)(F)F)cc2)CC3)cc1. The zero-order chi connectivity index (χ0) is 26.0. The van der Waals surface area contributed by atoms with E-state index in [1.807, 2.05) is 24.3 Å². The molecule has 0 atom stereocenters. The first-order valence-corrected chi connectivity index (χ1v) is 12.3. The summed E-state index contributed by atoms with van der Waals surface area (Å²) in [6, 6.07) is 12.7. The van der Waals surface area contributed by atoms with Crippen LogP contribution in [0.5, 0.6) is 17.4 Å². The fraction of sp³-hybridized carbons (Fsp3) is 0.407. The summed E-state index contributed by atoms with van der Waals surface area (Å²) < 4.78 is 50.4. The van der Waals surface area contributed by atoms with Gasteiger partial charge >= 0.3 is 6.18 Å². The second-order valence-electron chi connectivity index (χ2n) is 9.48. The molecule has 1 fully saturated rings. The van der Waals surface area contributed by atoms with Gasteiger partial charge in [0.25, 0.3) is 0 Å². The van der Waals surface area contributed by atoms with Crippen molar-refractivity contribution in [2.45, 2.75) is 25.7 Å². The Labute approximate surface area is 214 Å². The number of hydrogen-bond acceptors (Lipinski definition) is 7. The first kappa shape index (κ1) is 25.3. The van der Waals surface area contributed by atoms with Gasteiger partial charge in [0, 0.05) is 52.2 Å². The standard InChI is InChI=1S/C27H30F3N5O2/c1-33-13-15-35(16-14-33)26-31-24-11-12-34(17-19-3-5-20(6-4-19)27(28,29)30)18-23(24)25(32-26)37-22-9-7-21(36-2)8-10-22/h3-10H,11-18H2,1-2H3. The van der Waals surface area contributed by atoms with Gasteiger partial charge in [0.15, 0.2) is 0 Å². The molecular weight excluding hydrogens is 483 g/mol. The molecule has 0 radical (unpaired) electrons. The molecule has 2 aromatic carbocycles. The second-order valence-corrected chi connectivity index (χ2v) is 9.48. The molecule has 1 saturated heterocycles. The fourth-order valence-corrected chi connectivity index (χ4v) is 4.61. The summed E-state index contributed by atoms with van der Waals surface area (Å²) in [6.45, 7) is 5.39. The van der Waals surface area contributed by atoms with Crippen molar-refractivity contribution in [1.29, 1.82) is 0 Å². The number of methoxy groups -OCH3 is 1. The molecule has 2 aliphatic rings. The highest BCUT2D eigenvalue weighted by atomic mass is 19.4. The van der Waals surface area contributed by atoms with E-state index in [1.54, 1.807) is 19.2 Å². The normalized spacial score (nSPS) is 16.9. The Hall–Kier alpha value is -3.37. The van der Waals surface area contributed by atoms with Crippen molar-refractivity contribution < 1.29 is 22.6 Å². The Kier molecular flexibility index (Phi) is 7.21. The molecule has 3 aromatic rings. The van der Waals surface area contributed by atoms with Gasteiger partial charge in [0.2, 0.25) is 11.8 Å². The van der Waals surface area contributed by atoms with Crippen molar-refractivity contribution in [1.82, 2.24) is 19.8 Å². The van der Waals surface area contributed by atoms with Gasteiger partial charge in [-0.3, -0.25) is 4.90 Å². The number of alkyl halides is 3. The average Bonchev–Trinajstić information content (AvgIpc) is 2.89. The van der Waals surface area contributed by atoms with Crippen LogP contribution in [0, 0.1) is 0 Å². The topological polar surface area (TPSA) is 54.0 Å². The van der Waals surface area contributed by atoms with Crippen LogP contribution >= 0.6 is 0 Å². The first-order chi connectivity index (χ1) is 17.8. The maximum Gasteiger partial charge on any atom is 0.416 e. The minimum atomic E-state index is -4.34. The van der Waals surface area contributed by atoms with Gasteiger partial charge in [-0.1, -0.05) is 12.1 Å². The van der Waals surface area contributed by atoms with Crippen molar-refractivity contribution in [3.05, 3.63) is 70.9 Å². The van der Waals surface area contributed by atoms with Gasteiger partial charge in [0.1, 0.15) is 11.5 Å². The maximum absolute atomic E-state index is 12.9. The summed E-state index contributed by atoms with van der Waals surface area (Å²) in [7, 11) is 3.72. The van der Waals surface area contributed by atoms with Crippen LogP contribution in [0.3, 0.4) is 0 Å². The molecule has 0 amide bonds. The molecule has 7 nitrogen and oxygen atoms in total. The van der Waals surface area contributed by atoms with Crippen LogP contribution < -0.4 is 14.4 Å². The average molecular weight is 514 g/mol. The minimum absolute atomic E-state index is 0.515. The predicted molar refractivity (Wildman–Crippen MR) is 134 cm³/mol. The summed E-state index contributed by atoms with van der Waals surface area (Å²) in [6.07, 6.45) is -3.63. The lowest BCUT2D eigenvalue weighted by Crippen LogP contribution is -2.45. The van der Waals surface area contributed by atoms with Crippen LogP contribution in [0.1, 0.15) is 22.4 Å². The summed E-state index contributed by atoms with van der Waals surface area (Å²) >= 11 is 0. The summed E-state index contributed by atoms with van der Waals surface area (Å²) in [5, 5.41) is 0. The Morgan fingerprint density at radius 1 is 0.865 bits per heavy atom. The molecular formula is C27H30F3N5O2. The zero-order valence-corrected chi connectivity index (χ0v) is 21.0. The second kappa shape index (κ2) is 10.5.